The average molecular weight is 355 g/mol. The van der Waals surface area contributed by atoms with Gasteiger partial charge in [0.1, 0.15) is 17.1 Å². The van der Waals surface area contributed by atoms with E-state index in [0.717, 1.165) is 29.3 Å². The van der Waals surface area contributed by atoms with Gasteiger partial charge in [-0.25, -0.2) is 4.98 Å². The van der Waals surface area contributed by atoms with Crippen molar-refractivity contribution >= 4 is 5.52 Å². The molecule has 0 saturated carbocycles. The Kier molecular flexibility index (Phi) is 5.42. The van der Waals surface area contributed by atoms with Gasteiger partial charge in [-0.2, -0.15) is 0 Å². The number of aliphatic hydroxyl groups excluding tert-OH is 1. The normalized spacial score (nSPS) is 12.5. The van der Waals surface area contributed by atoms with Crippen LogP contribution in [0.4, 0.5) is 0 Å². The fraction of sp³-hybridized carbons (Fsp3) is 0.400. The van der Waals surface area contributed by atoms with Crippen molar-refractivity contribution < 1.29 is 9.84 Å². The number of rotatable bonds is 7. The van der Waals surface area contributed by atoms with Crippen molar-refractivity contribution in [1.82, 2.24) is 14.0 Å². The quantitative estimate of drug-likeness (QED) is 0.708. The summed E-state index contributed by atoms with van der Waals surface area (Å²) in [7, 11) is 1.63. The first-order valence-electron chi connectivity index (χ1n) is 8.90. The molecule has 3 aromatic rings. The predicted molar refractivity (Wildman–Crippen MR) is 101 cm³/mol. The fourth-order valence-corrected chi connectivity index (χ4v) is 3.31. The van der Waals surface area contributed by atoms with Crippen LogP contribution >= 0.6 is 0 Å². The topological polar surface area (TPSA) is 68.8 Å². The summed E-state index contributed by atoms with van der Waals surface area (Å²) in [5.74, 6) is 1.77. The lowest BCUT2D eigenvalue weighted by Gasteiger charge is -2.15. The van der Waals surface area contributed by atoms with Crippen LogP contribution in [-0.2, 0) is 6.54 Å². The van der Waals surface area contributed by atoms with Crippen molar-refractivity contribution in [2.24, 2.45) is 0 Å². The summed E-state index contributed by atoms with van der Waals surface area (Å²) >= 11 is 0. The molecule has 2 aromatic heterocycles. The first-order valence-corrected chi connectivity index (χ1v) is 8.90. The van der Waals surface area contributed by atoms with E-state index in [1.54, 1.807) is 17.9 Å². The molecular formula is C20H25N3O3. The van der Waals surface area contributed by atoms with E-state index in [1.165, 1.54) is 0 Å². The van der Waals surface area contributed by atoms with Crippen molar-refractivity contribution in [3.63, 3.8) is 0 Å². The lowest BCUT2D eigenvalue weighted by Crippen LogP contribution is -2.25. The van der Waals surface area contributed by atoms with Gasteiger partial charge in [-0.05, 0) is 37.5 Å². The van der Waals surface area contributed by atoms with Crippen LogP contribution in [0, 0.1) is 6.92 Å². The number of methoxy groups -OCH3 is 1. The number of ether oxygens (including phenoxy) is 1. The molecule has 138 valence electrons. The lowest BCUT2D eigenvalue weighted by atomic mass is 10.0. The molecule has 2 heterocycles. The Morgan fingerprint density at radius 3 is 2.62 bits per heavy atom. The van der Waals surface area contributed by atoms with Crippen molar-refractivity contribution in [2.75, 3.05) is 13.7 Å². The molecule has 6 heteroatoms. The highest BCUT2D eigenvalue weighted by atomic mass is 16.5. The van der Waals surface area contributed by atoms with E-state index in [2.05, 4.69) is 11.9 Å². The van der Waals surface area contributed by atoms with E-state index >= 15 is 0 Å². The van der Waals surface area contributed by atoms with E-state index in [9.17, 15) is 9.90 Å². The maximum atomic E-state index is 13.0. The number of imidazole rings is 1. The van der Waals surface area contributed by atoms with Gasteiger partial charge in [-0.1, -0.05) is 19.1 Å². The Morgan fingerprint density at radius 1 is 1.27 bits per heavy atom. The second-order valence-electron chi connectivity index (χ2n) is 6.50. The molecule has 0 radical (unpaired) electrons. The van der Waals surface area contributed by atoms with Gasteiger partial charge in [0.2, 0.25) is 0 Å². The second kappa shape index (κ2) is 7.74. The van der Waals surface area contributed by atoms with Crippen molar-refractivity contribution in [1.29, 1.82) is 0 Å². The zero-order valence-corrected chi connectivity index (χ0v) is 15.5. The van der Waals surface area contributed by atoms with Crippen LogP contribution in [0.25, 0.3) is 5.52 Å². The molecule has 0 bridgehead atoms. The van der Waals surface area contributed by atoms with Crippen molar-refractivity contribution in [2.45, 2.75) is 39.2 Å². The summed E-state index contributed by atoms with van der Waals surface area (Å²) in [6.45, 7) is 4.61. The monoisotopic (exact) mass is 355 g/mol. The van der Waals surface area contributed by atoms with Gasteiger partial charge in [-0.3, -0.25) is 9.20 Å². The van der Waals surface area contributed by atoms with Crippen LogP contribution in [0.5, 0.6) is 5.75 Å². The highest BCUT2D eigenvalue weighted by Crippen LogP contribution is 2.22. The van der Waals surface area contributed by atoms with E-state index in [-0.39, 0.29) is 18.1 Å². The lowest BCUT2D eigenvalue weighted by molar-refractivity contribution is 0.271. The number of hydrogen-bond acceptors (Lipinski definition) is 4. The number of benzene rings is 1. The number of fused-ring (bicyclic) bond motifs is 1. The van der Waals surface area contributed by atoms with Crippen LogP contribution in [-0.4, -0.2) is 32.8 Å². The molecule has 1 aromatic carbocycles. The zero-order valence-electron chi connectivity index (χ0n) is 15.5. The summed E-state index contributed by atoms with van der Waals surface area (Å²) in [6.07, 6.45) is 5.11. The molecule has 0 aliphatic carbocycles. The molecule has 0 aliphatic heterocycles. The smallest absolute Gasteiger partial charge is 0.276 e. The van der Waals surface area contributed by atoms with Crippen LogP contribution in [0.1, 0.15) is 42.8 Å². The number of aliphatic hydroxyl groups is 1. The van der Waals surface area contributed by atoms with Gasteiger partial charge < -0.3 is 14.4 Å². The Bertz CT molecular complexity index is 941. The number of hydrogen-bond donors (Lipinski definition) is 1. The maximum Gasteiger partial charge on any atom is 0.276 e. The SMILES string of the molecule is CCC(CCO)c1ncc2c(=O)n(Cc3ccc(OC)cc3)c(C)cn12. The summed E-state index contributed by atoms with van der Waals surface area (Å²) < 4.78 is 8.82. The molecule has 6 nitrogen and oxygen atoms in total. The van der Waals surface area contributed by atoms with Crippen molar-refractivity contribution in [3.8, 4) is 5.75 Å². The number of aromatic nitrogens is 3. The molecule has 0 spiro atoms. The van der Waals surface area contributed by atoms with Gasteiger partial charge in [0.05, 0.1) is 19.9 Å². The molecule has 0 aliphatic rings. The Hall–Kier alpha value is -2.60. The van der Waals surface area contributed by atoms with Crippen molar-refractivity contribution in [3.05, 3.63) is 64.1 Å². The first kappa shape index (κ1) is 18.2. The highest BCUT2D eigenvalue weighted by molar-refractivity contribution is 5.45. The first-order chi connectivity index (χ1) is 12.6. The van der Waals surface area contributed by atoms with E-state index < -0.39 is 0 Å². The van der Waals surface area contributed by atoms with E-state index in [1.807, 2.05) is 41.8 Å². The molecule has 0 fully saturated rings. The standard InChI is InChI=1S/C20H25N3O3/c1-4-16(9-10-24)19-21-11-18-20(25)22(14(2)12-23(18)19)13-15-5-7-17(26-3)8-6-15/h5-8,11-12,16,24H,4,9-10,13H2,1-3H3. The molecule has 0 amide bonds. The van der Waals surface area contributed by atoms with Gasteiger partial charge in [0.25, 0.3) is 5.56 Å². The summed E-state index contributed by atoms with van der Waals surface area (Å²) in [5, 5.41) is 9.28. The minimum absolute atomic E-state index is 0.0570. The zero-order chi connectivity index (χ0) is 18.7. The number of nitrogens with zero attached hydrogens (tertiary/aromatic N) is 3. The van der Waals surface area contributed by atoms with Crippen LogP contribution < -0.4 is 10.3 Å². The summed E-state index contributed by atoms with van der Waals surface area (Å²) in [6, 6.07) is 7.72. The van der Waals surface area contributed by atoms with Gasteiger partial charge in [0, 0.05) is 24.4 Å². The summed E-state index contributed by atoms with van der Waals surface area (Å²) in [5.41, 5.74) is 2.41. The molecule has 0 saturated heterocycles. The Morgan fingerprint density at radius 2 is 2.00 bits per heavy atom. The van der Waals surface area contributed by atoms with E-state index in [4.69, 9.17) is 4.74 Å². The van der Waals surface area contributed by atoms with Gasteiger partial charge in [0.15, 0.2) is 0 Å². The molecule has 1 N–H and O–H groups in total. The number of aryl methyl sites for hydroxylation is 1. The van der Waals surface area contributed by atoms with Crippen LogP contribution in [0.2, 0.25) is 0 Å². The van der Waals surface area contributed by atoms with Gasteiger partial charge in [-0.15, -0.1) is 0 Å². The Labute approximate surface area is 152 Å². The maximum absolute atomic E-state index is 13.0. The van der Waals surface area contributed by atoms with Crippen LogP contribution in [0.15, 0.2) is 41.5 Å². The van der Waals surface area contributed by atoms with Crippen LogP contribution in [0.3, 0.4) is 0 Å². The third-order valence-electron chi connectivity index (χ3n) is 4.87. The molecule has 3 rings (SSSR count). The average Bonchev–Trinajstić information content (AvgIpc) is 3.07. The minimum Gasteiger partial charge on any atom is -0.497 e. The third-order valence-corrected chi connectivity index (χ3v) is 4.87. The predicted octanol–water partition coefficient (Wildman–Crippen LogP) is 2.74. The summed E-state index contributed by atoms with van der Waals surface area (Å²) in [4.78, 5) is 17.5. The fourth-order valence-electron chi connectivity index (χ4n) is 3.31. The molecular weight excluding hydrogens is 330 g/mol. The molecule has 26 heavy (non-hydrogen) atoms. The van der Waals surface area contributed by atoms with Gasteiger partial charge >= 0.3 is 0 Å². The largest absolute Gasteiger partial charge is 0.497 e. The molecule has 1 unspecified atom stereocenters. The van der Waals surface area contributed by atoms with E-state index in [0.29, 0.717) is 18.5 Å². The highest BCUT2D eigenvalue weighted by Gasteiger charge is 2.18. The minimum atomic E-state index is -0.0570. The second-order valence-corrected chi connectivity index (χ2v) is 6.50. The third kappa shape index (κ3) is 3.37. The Balaban J connectivity index is 2.01. The molecule has 1 atom stereocenters.